The van der Waals surface area contributed by atoms with E-state index >= 15 is 0 Å². The lowest BCUT2D eigenvalue weighted by atomic mass is 10.2. The number of fused-ring (bicyclic) bond motifs is 1. The highest BCUT2D eigenvalue weighted by molar-refractivity contribution is 7.18. The molecule has 0 aliphatic carbocycles. The van der Waals surface area contributed by atoms with Crippen molar-refractivity contribution in [1.29, 1.82) is 0 Å². The van der Waals surface area contributed by atoms with Gasteiger partial charge in [-0.25, -0.2) is 4.98 Å². The number of carbonyl (C=O) groups excluding carboxylic acids is 1. The van der Waals surface area contributed by atoms with Gasteiger partial charge in [-0.05, 0) is 44.5 Å². The molecule has 2 aromatic heterocycles. The number of anilines is 1. The van der Waals surface area contributed by atoms with Crippen LogP contribution in [-0.2, 0) is 11.3 Å². The predicted molar refractivity (Wildman–Crippen MR) is 98.2 cm³/mol. The number of nitrogens with zero attached hydrogens (tertiary/aromatic N) is 2. The van der Waals surface area contributed by atoms with E-state index < -0.39 is 0 Å². The third-order valence-corrected chi connectivity index (χ3v) is 5.16. The molecule has 0 aliphatic heterocycles. The largest absolute Gasteiger partial charge is 0.324 e. The molecule has 3 rings (SSSR count). The molecule has 0 atom stereocenters. The molecule has 0 fully saturated rings. The van der Waals surface area contributed by atoms with Gasteiger partial charge in [-0.2, -0.15) is 0 Å². The molecule has 1 amide bonds. The van der Waals surface area contributed by atoms with E-state index in [0.29, 0.717) is 26.8 Å². The molecule has 2 heterocycles. The highest BCUT2D eigenvalue weighted by Crippen LogP contribution is 2.23. The van der Waals surface area contributed by atoms with Gasteiger partial charge in [-0.1, -0.05) is 17.7 Å². The van der Waals surface area contributed by atoms with Crippen LogP contribution in [0.5, 0.6) is 0 Å². The van der Waals surface area contributed by atoms with Crippen molar-refractivity contribution >= 4 is 44.7 Å². The number of aryl methyl sites for hydroxylation is 2. The van der Waals surface area contributed by atoms with Gasteiger partial charge in [0.05, 0.1) is 5.39 Å². The maximum absolute atomic E-state index is 12.6. The van der Waals surface area contributed by atoms with Crippen molar-refractivity contribution in [2.45, 2.75) is 27.3 Å². The molecule has 5 nitrogen and oxygen atoms in total. The standard InChI is InChI=1S/C17H16ClN3O2S/c1-9-7-12-16(24-9)19-11(3)21(17(12)23)8-15(22)20-14-6-4-5-13(18)10(14)2/h4-7H,8H2,1-3H3,(H,20,22). The molecule has 0 spiro atoms. The van der Waals surface area contributed by atoms with E-state index in [0.717, 1.165) is 10.4 Å². The Morgan fingerprint density at radius 3 is 2.83 bits per heavy atom. The predicted octanol–water partition coefficient (Wildman–Crippen LogP) is 3.68. The normalized spacial score (nSPS) is 11.0. The van der Waals surface area contributed by atoms with E-state index in [1.165, 1.54) is 15.9 Å². The molecule has 124 valence electrons. The van der Waals surface area contributed by atoms with E-state index in [9.17, 15) is 9.59 Å². The molecular weight excluding hydrogens is 346 g/mol. The maximum atomic E-state index is 12.6. The summed E-state index contributed by atoms with van der Waals surface area (Å²) < 4.78 is 1.39. The van der Waals surface area contributed by atoms with Crippen LogP contribution in [0.4, 0.5) is 5.69 Å². The van der Waals surface area contributed by atoms with Crippen molar-refractivity contribution in [2.24, 2.45) is 0 Å². The lowest BCUT2D eigenvalue weighted by molar-refractivity contribution is -0.116. The van der Waals surface area contributed by atoms with E-state index in [1.807, 2.05) is 19.9 Å². The zero-order valence-corrected chi connectivity index (χ0v) is 15.1. The van der Waals surface area contributed by atoms with Crippen LogP contribution in [0.2, 0.25) is 5.02 Å². The number of thiophene rings is 1. The van der Waals surface area contributed by atoms with Crippen molar-refractivity contribution in [3.8, 4) is 0 Å². The molecule has 0 aliphatic rings. The van der Waals surface area contributed by atoms with Gasteiger partial charge in [0.1, 0.15) is 17.2 Å². The molecule has 0 saturated heterocycles. The zero-order valence-electron chi connectivity index (χ0n) is 13.5. The molecule has 0 saturated carbocycles. The number of rotatable bonds is 3. The minimum Gasteiger partial charge on any atom is -0.324 e. The number of halogens is 1. The molecule has 24 heavy (non-hydrogen) atoms. The Labute approximate surface area is 147 Å². The van der Waals surface area contributed by atoms with Gasteiger partial charge in [0, 0.05) is 15.6 Å². The summed E-state index contributed by atoms with van der Waals surface area (Å²) >= 11 is 7.53. The minimum atomic E-state index is -0.293. The van der Waals surface area contributed by atoms with Crippen molar-refractivity contribution in [3.05, 3.63) is 55.9 Å². The van der Waals surface area contributed by atoms with Gasteiger partial charge in [-0.15, -0.1) is 11.3 Å². The zero-order chi connectivity index (χ0) is 17.4. The summed E-state index contributed by atoms with van der Waals surface area (Å²) in [4.78, 5) is 31.1. The van der Waals surface area contributed by atoms with Gasteiger partial charge < -0.3 is 5.32 Å². The van der Waals surface area contributed by atoms with Crippen LogP contribution in [-0.4, -0.2) is 15.5 Å². The summed E-state index contributed by atoms with van der Waals surface area (Å²) in [7, 11) is 0. The van der Waals surface area contributed by atoms with Crippen LogP contribution in [0.3, 0.4) is 0 Å². The van der Waals surface area contributed by atoms with Crippen LogP contribution in [0.15, 0.2) is 29.1 Å². The van der Waals surface area contributed by atoms with Crippen molar-refractivity contribution in [1.82, 2.24) is 9.55 Å². The topological polar surface area (TPSA) is 64.0 Å². The molecule has 7 heteroatoms. The molecule has 1 N–H and O–H groups in total. The first-order valence-corrected chi connectivity index (χ1v) is 8.59. The van der Waals surface area contributed by atoms with Crippen LogP contribution in [0.25, 0.3) is 10.2 Å². The molecular formula is C17H16ClN3O2S. The first kappa shape index (κ1) is 16.7. The monoisotopic (exact) mass is 361 g/mol. The Balaban J connectivity index is 1.90. The third kappa shape index (κ3) is 3.07. The first-order chi connectivity index (χ1) is 11.4. The summed E-state index contributed by atoms with van der Waals surface area (Å²) in [6.07, 6.45) is 0. The summed E-state index contributed by atoms with van der Waals surface area (Å²) in [6, 6.07) is 7.12. The fourth-order valence-corrected chi connectivity index (χ4v) is 3.59. The summed E-state index contributed by atoms with van der Waals surface area (Å²) in [5.74, 6) is 0.228. The molecule has 1 aromatic carbocycles. The molecule has 0 bridgehead atoms. The van der Waals surface area contributed by atoms with Crippen LogP contribution < -0.4 is 10.9 Å². The van der Waals surface area contributed by atoms with Gasteiger partial charge in [0.25, 0.3) is 5.56 Å². The van der Waals surface area contributed by atoms with Crippen molar-refractivity contribution < 1.29 is 4.79 Å². The van der Waals surface area contributed by atoms with Crippen LogP contribution in [0.1, 0.15) is 16.3 Å². The van der Waals surface area contributed by atoms with Gasteiger partial charge in [-0.3, -0.25) is 14.2 Å². The number of aromatic nitrogens is 2. The van der Waals surface area contributed by atoms with Gasteiger partial charge in [0.2, 0.25) is 5.91 Å². The quantitative estimate of drug-likeness (QED) is 0.774. The Morgan fingerprint density at radius 1 is 1.33 bits per heavy atom. The molecule has 0 unspecified atom stereocenters. The Hall–Kier alpha value is -2.18. The van der Waals surface area contributed by atoms with E-state index in [2.05, 4.69) is 10.3 Å². The summed E-state index contributed by atoms with van der Waals surface area (Å²) in [6.45, 7) is 5.40. The fourth-order valence-electron chi connectivity index (χ4n) is 2.50. The SMILES string of the molecule is Cc1cc2c(=O)n(CC(=O)Nc3cccc(Cl)c3C)c(C)nc2s1. The highest BCUT2D eigenvalue weighted by Gasteiger charge is 2.14. The number of hydrogen-bond donors (Lipinski definition) is 1. The average Bonchev–Trinajstić information content (AvgIpc) is 2.89. The fraction of sp³-hybridized carbons (Fsp3) is 0.235. The lowest BCUT2D eigenvalue weighted by Gasteiger charge is -2.12. The van der Waals surface area contributed by atoms with E-state index in [4.69, 9.17) is 11.6 Å². The Morgan fingerprint density at radius 2 is 2.08 bits per heavy atom. The van der Waals surface area contributed by atoms with E-state index in [1.54, 1.807) is 25.1 Å². The highest BCUT2D eigenvalue weighted by atomic mass is 35.5. The lowest BCUT2D eigenvalue weighted by Crippen LogP contribution is -2.30. The number of amides is 1. The second-order valence-electron chi connectivity index (χ2n) is 5.59. The average molecular weight is 362 g/mol. The van der Waals surface area contributed by atoms with Crippen molar-refractivity contribution in [2.75, 3.05) is 5.32 Å². The number of hydrogen-bond acceptors (Lipinski definition) is 4. The van der Waals surface area contributed by atoms with E-state index in [-0.39, 0.29) is 18.0 Å². The first-order valence-electron chi connectivity index (χ1n) is 7.39. The number of benzene rings is 1. The minimum absolute atomic E-state index is 0.0888. The number of nitrogens with one attached hydrogen (secondary N) is 1. The van der Waals surface area contributed by atoms with Crippen LogP contribution in [0, 0.1) is 20.8 Å². The third-order valence-electron chi connectivity index (χ3n) is 3.81. The van der Waals surface area contributed by atoms with Gasteiger partial charge in [0.15, 0.2) is 0 Å². The maximum Gasteiger partial charge on any atom is 0.262 e. The number of carbonyl (C=O) groups is 1. The second-order valence-corrected chi connectivity index (χ2v) is 7.23. The van der Waals surface area contributed by atoms with Crippen molar-refractivity contribution in [3.63, 3.8) is 0 Å². The van der Waals surface area contributed by atoms with Gasteiger partial charge >= 0.3 is 0 Å². The second kappa shape index (κ2) is 6.37. The smallest absolute Gasteiger partial charge is 0.262 e. The summed E-state index contributed by atoms with van der Waals surface area (Å²) in [5, 5.41) is 3.93. The Kier molecular flexibility index (Phi) is 4.43. The summed E-state index contributed by atoms with van der Waals surface area (Å²) in [5.41, 5.74) is 1.23. The molecule has 0 radical (unpaired) electrons. The molecule has 3 aromatic rings. The Bertz CT molecular complexity index is 1010. The van der Waals surface area contributed by atoms with Crippen LogP contribution >= 0.6 is 22.9 Å².